The van der Waals surface area contributed by atoms with Crippen molar-refractivity contribution in [1.82, 2.24) is 5.32 Å². The van der Waals surface area contributed by atoms with Crippen LogP contribution >= 0.6 is 11.3 Å². The first-order valence-corrected chi connectivity index (χ1v) is 8.88. The third-order valence-corrected chi connectivity index (χ3v) is 5.17. The van der Waals surface area contributed by atoms with E-state index in [2.05, 4.69) is 5.32 Å². The number of carbonyl (C=O) groups excluding carboxylic acids is 1. The van der Waals surface area contributed by atoms with E-state index in [1.165, 1.54) is 24.2 Å². The van der Waals surface area contributed by atoms with Gasteiger partial charge in [-0.2, -0.15) is 0 Å². The molecule has 22 heavy (non-hydrogen) atoms. The fourth-order valence-corrected chi connectivity index (χ4v) is 3.84. The van der Waals surface area contributed by atoms with Crippen molar-refractivity contribution in [3.8, 4) is 0 Å². The Balaban J connectivity index is 1.59. The fourth-order valence-electron chi connectivity index (χ4n) is 3.14. The zero-order valence-corrected chi connectivity index (χ0v) is 13.5. The third kappa shape index (κ3) is 3.99. The minimum Gasteiger partial charge on any atom is -0.463 e. The summed E-state index contributed by atoms with van der Waals surface area (Å²) in [5.41, 5.74) is 0. The van der Waals surface area contributed by atoms with Crippen LogP contribution < -0.4 is 10.2 Å². The van der Waals surface area contributed by atoms with Gasteiger partial charge in [0.25, 0.3) is 0 Å². The van der Waals surface area contributed by atoms with Crippen LogP contribution in [0.15, 0.2) is 40.3 Å². The molecular weight excluding hydrogens is 296 g/mol. The summed E-state index contributed by atoms with van der Waals surface area (Å²) in [5.74, 6) is 1.07. The van der Waals surface area contributed by atoms with Crippen LogP contribution in [-0.2, 0) is 11.2 Å². The molecule has 3 rings (SSSR count). The lowest BCUT2D eigenvalue weighted by Crippen LogP contribution is -3.13. The van der Waals surface area contributed by atoms with Gasteiger partial charge in [0.1, 0.15) is 0 Å². The summed E-state index contributed by atoms with van der Waals surface area (Å²) < 4.78 is 5.62. The van der Waals surface area contributed by atoms with E-state index in [0.717, 1.165) is 23.7 Å². The first-order valence-electron chi connectivity index (χ1n) is 8.00. The predicted molar refractivity (Wildman–Crippen MR) is 87.0 cm³/mol. The number of amides is 1. The van der Waals surface area contributed by atoms with Gasteiger partial charge in [-0.1, -0.05) is 6.07 Å². The van der Waals surface area contributed by atoms with Crippen LogP contribution in [0.2, 0.25) is 0 Å². The highest BCUT2D eigenvalue weighted by molar-refractivity contribution is 7.10. The van der Waals surface area contributed by atoms with Gasteiger partial charge in [-0.25, -0.2) is 0 Å². The second-order valence-corrected chi connectivity index (χ2v) is 6.88. The number of hydrogen-bond acceptors (Lipinski definition) is 3. The molecule has 4 nitrogen and oxygen atoms in total. The lowest BCUT2D eigenvalue weighted by molar-refractivity contribution is -0.936. The summed E-state index contributed by atoms with van der Waals surface area (Å²) in [6.45, 7) is 2.96. The second kappa shape index (κ2) is 7.61. The quantitative estimate of drug-likeness (QED) is 0.853. The van der Waals surface area contributed by atoms with E-state index in [9.17, 15) is 4.79 Å². The molecule has 1 fully saturated rings. The molecule has 0 spiro atoms. The van der Waals surface area contributed by atoms with Crippen LogP contribution in [0.3, 0.4) is 0 Å². The summed E-state index contributed by atoms with van der Waals surface area (Å²) >= 11 is 1.63. The maximum Gasteiger partial charge on any atom is 0.225 e. The van der Waals surface area contributed by atoms with Gasteiger partial charge in [0, 0.05) is 4.88 Å². The number of hydrogen-bond donors (Lipinski definition) is 2. The minimum absolute atomic E-state index is 0.0930. The van der Waals surface area contributed by atoms with Gasteiger partial charge in [0.05, 0.1) is 32.3 Å². The Kier molecular flexibility index (Phi) is 5.29. The van der Waals surface area contributed by atoms with E-state index in [1.807, 2.05) is 29.6 Å². The van der Waals surface area contributed by atoms with Crippen LogP contribution in [0.5, 0.6) is 0 Å². The molecule has 2 aromatic heterocycles. The number of piperidine rings is 1. The summed E-state index contributed by atoms with van der Waals surface area (Å²) in [7, 11) is 0. The Labute approximate surface area is 135 Å². The SMILES string of the molecule is O=C(Cc1cccs1)NC[C@H](c1ccco1)[NH+]1CCCCC1. The Bertz CT molecular complexity index is 560. The van der Waals surface area contributed by atoms with Crippen LogP contribution in [0.1, 0.15) is 35.9 Å². The van der Waals surface area contributed by atoms with Crippen molar-refractivity contribution in [2.75, 3.05) is 19.6 Å². The number of quaternary nitrogens is 1. The van der Waals surface area contributed by atoms with Gasteiger partial charge in [-0.3, -0.25) is 4.79 Å². The highest BCUT2D eigenvalue weighted by Gasteiger charge is 2.28. The normalized spacial score (nSPS) is 17.3. The van der Waals surface area contributed by atoms with E-state index >= 15 is 0 Å². The molecule has 1 saturated heterocycles. The maximum absolute atomic E-state index is 12.1. The molecule has 2 aromatic rings. The summed E-state index contributed by atoms with van der Waals surface area (Å²) in [6, 6.07) is 8.17. The van der Waals surface area contributed by atoms with Crippen molar-refractivity contribution < 1.29 is 14.1 Å². The second-order valence-electron chi connectivity index (χ2n) is 5.85. The molecular formula is C17H23N2O2S+. The van der Waals surface area contributed by atoms with Gasteiger partial charge in [0.2, 0.25) is 5.91 Å². The molecule has 0 aromatic carbocycles. The summed E-state index contributed by atoms with van der Waals surface area (Å²) in [5, 5.41) is 5.10. The summed E-state index contributed by atoms with van der Waals surface area (Å²) in [4.78, 5) is 14.8. The lowest BCUT2D eigenvalue weighted by atomic mass is 10.1. The number of likely N-dealkylation sites (tertiary alicyclic amines) is 1. The molecule has 0 unspecified atom stereocenters. The van der Waals surface area contributed by atoms with Gasteiger partial charge in [-0.15, -0.1) is 11.3 Å². The standard InChI is InChI=1S/C17H22N2O2S/c20-17(12-14-6-5-11-22-14)18-13-15(16-7-4-10-21-16)19-8-2-1-3-9-19/h4-7,10-11,15H,1-3,8-9,12-13H2,(H,18,20)/p+1/t15-/m1/s1. The Morgan fingerprint density at radius 3 is 2.82 bits per heavy atom. The Morgan fingerprint density at radius 1 is 1.27 bits per heavy atom. The van der Waals surface area contributed by atoms with Gasteiger partial charge < -0.3 is 14.6 Å². The maximum atomic E-state index is 12.1. The number of rotatable bonds is 6. The Hall–Kier alpha value is -1.59. The van der Waals surface area contributed by atoms with E-state index < -0.39 is 0 Å². The van der Waals surface area contributed by atoms with Gasteiger partial charge >= 0.3 is 0 Å². The summed E-state index contributed by atoms with van der Waals surface area (Å²) in [6.07, 6.45) is 6.03. The lowest BCUT2D eigenvalue weighted by Gasteiger charge is -2.30. The zero-order chi connectivity index (χ0) is 15.2. The highest BCUT2D eigenvalue weighted by atomic mass is 32.1. The van der Waals surface area contributed by atoms with Crippen molar-refractivity contribution in [2.45, 2.75) is 31.7 Å². The van der Waals surface area contributed by atoms with Crippen molar-refractivity contribution in [3.63, 3.8) is 0 Å². The molecule has 1 atom stereocenters. The molecule has 1 amide bonds. The van der Waals surface area contributed by atoms with Gasteiger partial charge in [-0.05, 0) is 42.8 Å². The van der Waals surface area contributed by atoms with Crippen molar-refractivity contribution in [1.29, 1.82) is 0 Å². The molecule has 0 radical (unpaired) electrons. The smallest absolute Gasteiger partial charge is 0.225 e. The molecule has 3 heterocycles. The van der Waals surface area contributed by atoms with Crippen molar-refractivity contribution in [3.05, 3.63) is 46.5 Å². The van der Waals surface area contributed by atoms with E-state index in [4.69, 9.17) is 4.42 Å². The van der Waals surface area contributed by atoms with Crippen LogP contribution in [0.4, 0.5) is 0 Å². The molecule has 118 valence electrons. The van der Waals surface area contributed by atoms with Crippen molar-refractivity contribution in [2.24, 2.45) is 0 Å². The largest absolute Gasteiger partial charge is 0.463 e. The molecule has 0 saturated carbocycles. The van der Waals surface area contributed by atoms with E-state index in [0.29, 0.717) is 13.0 Å². The van der Waals surface area contributed by atoms with Gasteiger partial charge in [0.15, 0.2) is 11.8 Å². The van der Waals surface area contributed by atoms with E-state index in [-0.39, 0.29) is 11.9 Å². The molecule has 0 aliphatic carbocycles. The van der Waals surface area contributed by atoms with E-state index in [1.54, 1.807) is 17.6 Å². The average Bonchev–Trinajstić information content (AvgIpc) is 3.22. The minimum atomic E-state index is 0.0930. The van der Waals surface area contributed by atoms with Crippen LogP contribution in [0.25, 0.3) is 0 Å². The zero-order valence-electron chi connectivity index (χ0n) is 12.7. The topological polar surface area (TPSA) is 46.7 Å². The molecule has 1 aliphatic heterocycles. The molecule has 1 aliphatic rings. The Morgan fingerprint density at radius 2 is 2.14 bits per heavy atom. The predicted octanol–water partition coefficient (Wildman–Crippen LogP) is 1.81. The number of furan rings is 1. The first kappa shape index (κ1) is 15.3. The monoisotopic (exact) mass is 319 g/mol. The molecule has 0 bridgehead atoms. The first-order chi connectivity index (χ1) is 10.8. The number of carbonyl (C=O) groups is 1. The fraction of sp³-hybridized carbons (Fsp3) is 0.471. The van der Waals surface area contributed by atoms with Crippen LogP contribution in [0, 0.1) is 0 Å². The molecule has 2 N–H and O–H groups in total. The molecule has 5 heteroatoms. The van der Waals surface area contributed by atoms with Crippen LogP contribution in [-0.4, -0.2) is 25.5 Å². The third-order valence-electron chi connectivity index (χ3n) is 4.29. The number of nitrogens with one attached hydrogen (secondary N) is 2. The average molecular weight is 319 g/mol. The number of thiophene rings is 1. The highest BCUT2D eigenvalue weighted by Crippen LogP contribution is 2.12. The van der Waals surface area contributed by atoms with Crippen molar-refractivity contribution >= 4 is 17.2 Å².